The molecule has 2 aromatic rings. The standard InChI is InChI=1S/C25H35NO7S/c1-7-18(8-2)34(28,29)19-12-13-21(30-6)20(16-19)26-25(27)17-14-22(31-9-3)24(33-11-5)23(15-17)32-10-4/h12-16,18H,7-11H2,1-6H3,(H,26,27). The summed E-state index contributed by atoms with van der Waals surface area (Å²) in [6, 6.07) is 7.62. The molecule has 0 saturated carbocycles. The summed E-state index contributed by atoms with van der Waals surface area (Å²) in [4.78, 5) is 13.3. The smallest absolute Gasteiger partial charge is 0.256 e. The molecular formula is C25H35NO7S. The first-order valence-corrected chi connectivity index (χ1v) is 13.1. The van der Waals surface area contributed by atoms with Crippen molar-refractivity contribution in [1.29, 1.82) is 0 Å². The Morgan fingerprint density at radius 3 is 1.88 bits per heavy atom. The van der Waals surface area contributed by atoms with Gasteiger partial charge in [0, 0.05) is 5.56 Å². The molecule has 8 nitrogen and oxygen atoms in total. The molecule has 1 amide bonds. The topological polar surface area (TPSA) is 100 Å². The van der Waals surface area contributed by atoms with E-state index in [1.165, 1.54) is 19.2 Å². The number of amides is 1. The highest BCUT2D eigenvalue weighted by Crippen LogP contribution is 2.39. The average Bonchev–Trinajstić information content (AvgIpc) is 2.81. The first-order valence-electron chi connectivity index (χ1n) is 11.6. The van der Waals surface area contributed by atoms with Crippen molar-refractivity contribution >= 4 is 21.4 Å². The van der Waals surface area contributed by atoms with Gasteiger partial charge in [0.25, 0.3) is 5.91 Å². The molecule has 0 spiro atoms. The number of carbonyl (C=O) groups is 1. The van der Waals surface area contributed by atoms with Gasteiger partial charge in [-0.25, -0.2) is 8.42 Å². The largest absolute Gasteiger partial charge is 0.495 e. The van der Waals surface area contributed by atoms with E-state index in [9.17, 15) is 13.2 Å². The Bertz CT molecular complexity index is 1050. The molecule has 34 heavy (non-hydrogen) atoms. The van der Waals surface area contributed by atoms with Crippen LogP contribution in [-0.2, 0) is 9.84 Å². The van der Waals surface area contributed by atoms with Crippen LogP contribution in [0, 0.1) is 0 Å². The first kappa shape index (κ1) is 27.3. The quantitative estimate of drug-likeness (QED) is 0.414. The maximum Gasteiger partial charge on any atom is 0.256 e. The molecule has 0 heterocycles. The third-order valence-electron chi connectivity index (χ3n) is 5.27. The molecule has 0 bridgehead atoms. The summed E-state index contributed by atoms with van der Waals surface area (Å²) in [6.45, 7) is 10.4. The van der Waals surface area contributed by atoms with Crippen molar-refractivity contribution in [3.63, 3.8) is 0 Å². The van der Waals surface area contributed by atoms with Crippen LogP contribution in [0.1, 0.15) is 57.8 Å². The Labute approximate surface area is 202 Å². The number of anilines is 1. The highest BCUT2D eigenvalue weighted by atomic mass is 32.2. The van der Waals surface area contributed by atoms with Crippen LogP contribution in [0.4, 0.5) is 5.69 Å². The highest BCUT2D eigenvalue weighted by Gasteiger charge is 2.26. The minimum Gasteiger partial charge on any atom is -0.495 e. The summed E-state index contributed by atoms with van der Waals surface area (Å²) >= 11 is 0. The van der Waals surface area contributed by atoms with Crippen LogP contribution in [0.2, 0.25) is 0 Å². The minimum atomic E-state index is -3.55. The fraction of sp³-hybridized carbons (Fsp3) is 0.480. The van der Waals surface area contributed by atoms with Gasteiger partial charge >= 0.3 is 0 Å². The molecule has 0 aromatic heterocycles. The number of sulfone groups is 1. The predicted molar refractivity (Wildman–Crippen MR) is 132 cm³/mol. The number of hydrogen-bond donors (Lipinski definition) is 1. The molecule has 1 N–H and O–H groups in total. The second kappa shape index (κ2) is 12.5. The lowest BCUT2D eigenvalue weighted by Gasteiger charge is -2.18. The summed E-state index contributed by atoms with van der Waals surface area (Å²) in [5, 5.41) is 2.27. The Hall–Kier alpha value is -2.94. The number of benzene rings is 2. The fourth-order valence-corrected chi connectivity index (χ4v) is 5.40. The van der Waals surface area contributed by atoms with Crippen LogP contribution in [-0.4, -0.2) is 46.5 Å². The predicted octanol–water partition coefficient (Wildman–Crippen LogP) is 5.11. The zero-order chi connectivity index (χ0) is 25.3. The lowest BCUT2D eigenvalue weighted by atomic mass is 10.1. The summed E-state index contributed by atoms with van der Waals surface area (Å²) in [6.07, 6.45) is 0.998. The molecule has 0 aliphatic heterocycles. The van der Waals surface area contributed by atoms with Crippen molar-refractivity contribution in [2.45, 2.75) is 57.6 Å². The number of nitrogens with one attached hydrogen (secondary N) is 1. The van der Waals surface area contributed by atoms with Crippen LogP contribution in [0.5, 0.6) is 23.0 Å². The van der Waals surface area contributed by atoms with E-state index in [1.807, 2.05) is 34.6 Å². The van der Waals surface area contributed by atoms with Gasteiger partial charge in [-0.05, 0) is 63.9 Å². The molecule has 0 radical (unpaired) electrons. The zero-order valence-electron chi connectivity index (χ0n) is 20.8. The molecule has 0 aliphatic rings. The molecule has 0 saturated heterocycles. The summed E-state index contributed by atoms with van der Waals surface area (Å²) in [5.74, 6) is 1.08. The third kappa shape index (κ3) is 6.14. The third-order valence-corrected chi connectivity index (χ3v) is 7.72. The SMILES string of the molecule is CCOc1cc(C(=O)Nc2cc(S(=O)(=O)C(CC)CC)ccc2OC)cc(OCC)c1OCC. The normalized spacial score (nSPS) is 11.3. The summed E-state index contributed by atoms with van der Waals surface area (Å²) in [5.41, 5.74) is 0.523. The zero-order valence-corrected chi connectivity index (χ0v) is 21.6. The van der Waals surface area contributed by atoms with Crippen molar-refractivity contribution in [2.24, 2.45) is 0 Å². The molecule has 0 aliphatic carbocycles. The van der Waals surface area contributed by atoms with Gasteiger partial charge in [-0.1, -0.05) is 13.8 Å². The van der Waals surface area contributed by atoms with Crippen molar-refractivity contribution in [3.8, 4) is 23.0 Å². The van der Waals surface area contributed by atoms with Crippen molar-refractivity contribution in [3.05, 3.63) is 35.9 Å². The molecule has 2 rings (SSSR count). The van der Waals surface area contributed by atoms with E-state index in [0.29, 0.717) is 55.7 Å². The van der Waals surface area contributed by atoms with E-state index in [2.05, 4.69) is 5.32 Å². The molecular weight excluding hydrogens is 458 g/mol. The van der Waals surface area contributed by atoms with E-state index in [4.69, 9.17) is 18.9 Å². The first-order chi connectivity index (χ1) is 16.3. The minimum absolute atomic E-state index is 0.133. The molecule has 0 unspecified atom stereocenters. The molecule has 188 valence electrons. The van der Waals surface area contributed by atoms with Gasteiger partial charge in [0.05, 0.1) is 42.8 Å². The molecule has 9 heteroatoms. The van der Waals surface area contributed by atoms with Gasteiger partial charge < -0.3 is 24.3 Å². The van der Waals surface area contributed by atoms with Crippen LogP contribution in [0.25, 0.3) is 0 Å². The van der Waals surface area contributed by atoms with Crippen LogP contribution in [0.3, 0.4) is 0 Å². The number of hydrogen-bond acceptors (Lipinski definition) is 7. The van der Waals surface area contributed by atoms with Crippen molar-refractivity contribution in [2.75, 3.05) is 32.2 Å². The average molecular weight is 494 g/mol. The molecule has 2 aromatic carbocycles. The van der Waals surface area contributed by atoms with Crippen LogP contribution >= 0.6 is 0 Å². The van der Waals surface area contributed by atoms with E-state index >= 15 is 0 Å². The second-order valence-corrected chi connectivity index (χ2v) is 9.63. The van der Waals surface area contributed by atoms with Gasteiger partial charge in [-0.2, -0.15) is 0 Å². The maximum absolute atomic E-state index is 13.2. The van der Waals surface area contributed by atoms with E-state index in [-0.39, 0.29) is 16.1 Å². The van der Waals surface area contributed by atoms with Gasteiger partial charge in [-0.3, -0.25) is 4.79 Å². The van der Waals surface area contributed by atoms with Gasteiger partial charge in [0.2, 0.25) is 5.75 Å². The number of ether oxygens (including phenoxy) is 4. The maximum atomic E-state index is 13.2. The Balaban J connectivity index is 2.50. The highest BCUT2D eigenvalue weighted by molar-refractivity contribution is 7.92. The van der Waals surface area contributed by atoms with E-state index in [0.717, 1.165) is 0 Å². The summed E-state index contributed by atoms with van der Waals surface area (Å²) < 4.78 is 48.5. The van der Waals surface area contributed by atoms with Gasteiger partial charge in [0.15, 0.2) is 21.3 Å². The monoisotopic (exact) mass is 493 g/mol. The Morgan fingerprint density at radius 2 is 1.41 bits per heavy atom. The van der Waals surface area contributed by atoms with Crippen molar-refractivity contribution < 1.29 is 32.2 Å². The van der Waals surface area contributed by atoms with Gasteiger partial charge in [0.1, 0.15) is 5.75 Å². The number of carbonyl (C=O) groups excluding carboxylic acids is 1. The van der Waals surface area contributed by atoms with E-state index in [1.54, 1.807) is 18.2 Å². The van der Waals surface area contributed by atoms with Crippen LogP contribution < -0.4 is 24.3 Å². The van der Waals surface area contributed by atoms with Gasteiger partial charge in [-0.15, -0.1) is 0 Å². The molecule has 0 atom stereocenters. The van der Waals surface area contributed by atoms with Crippen molar-refractivity contribution in [1.82, 2.24) is 0 Å². The number of methoxy groups -OCH3 is 1. The second-order valence-electron chi connectivity index (χ2n) is 7.40. The van der Waals surface area contributed by atoms with Crippen LogP contribution in [0.15, 0.2) is 35.2 Å². The fourth-order valence-electron chi connectivity index (χ4n) is 3.60. The summed E-state index contributed by atoms with van der Waals surface area (Å²) in [7, 11) is -2.10. The lowest BCUT2D eigenvalue weighted by molar-refractivity contribution is 0.102. The van der Waals surface area contributed by atoms with E-state index < -0.39 is 21.0 Å². The Morgan fingerprint density at radius 1 is 0.853 bits per heavy atom. The molecule has 0 fully saturated rings. The number of rotatable bonds is 13. The Kier molecular flexibility index (Phi) is 10.0. The lowest BCUT2D eigenvalue weighted by Crippen LogP contribution is -2.20.